The van der Waals surface area contributed by atoms with Crippen molar-refractivity contribution in [1.82, 2.24) is 19.8 Å². The zero-order valence-electron chi connectivity index (χ0n) is 18.3. The number of hydrogen-bond acceptors (Lipinski definition) is 5. The Morgan fingerprint density at radius 2 is 1.88 bits per heavy atom. The van der Waals surface area contributed by atoms with Crippen LogP contribution >= 0.6 is 0 Å². The van der Waals surface area contributed by atoms with Crippen LogP contribution in [-0.2, 0) is 29.2 Å². The Labute approximate surface area is 190 Å². The van der Waals surface area contributed by atoms with Gasteiger partial charge in [0.1, 0.15) is 6.54 Å². The molecule has 3 aromatic rings. The minimum Gasteiger partial charge on any atom is -0.369 e. The fourth-order valence-electron chi connectivity index (χ4n) is 4.27. The second kappa shape index (κ2) is 9.83. The number of aromatic amines is 1. The summed E-state index contributed by atoms with van der Waals surface area (Å²) in [5.74, 6) is -0.785. The van der Waals surface area contributed by atoms with Crippen LogP contribution in [0.4, 0.5) is 0 Å². The van der Waals surface area contributed by atoms with Crippen molar-refractivity contribution in [2.45, 2.75) is 32.5 Å². The van der Waals surface area contributed by atoms with Gasteiger partial charge >= 0.3 is 5.69 Å². The van der Waals surface area contributed by atoms with E-state index in [0.717, 1.165) is 35.1 Å². The number of piperidine rings is 1. The fraction of sp³-hybridized carbons (Fsp3) is 0.333. The molecule has 4 N–H and O–H groups in total. The average molecular weight is 450 g/mol. The van der Waals surface area contributed by atoms with Gasteiger partial charge in [-0.1, -0.05) is 36.4 Å². The minimum atomic E-state index is -0.619. The molecule has 1 fully saturated rings. The van der Waals surface area contributed by atoms with Crippen LogP contribution in [0.2, 0.25) is 0 Å². The van der Waals surface area contributed by atoms with Crippen LogP contribution in [0.1, 0.15) is 24.0 Å². The molecule has 1 aliphatic rings. The second-order valence-electron chi connectivity index (χ2n) is 8.44. The molecule has 172 valence electrons. The van der Waals surface area contributed by atoms with E-state index in [9.17, 15) is 19.2 Å². The highest BCUT2D eigenvalue weighted by atomic mass is 16.2. The van der Waals surface area contributed by atoms with Gasteiger partial charge in [0, 0.05) is 19.6 Å². The number of nitrogens with one attached hydrogen (secondary N) is 2. The summed E-state index contributed by atoms with van der Waals surface area (Å²) in [6.07, 6.45) is 1.78. The van der Waals surface area contributed by atoms with Crippen LogP contribution in [0.15, 0.2) is 58.1 Å². The highest BCUT2D eigenvalue weighted by Gasteiger charge is 2.23. The van der Waals surface area contributed by atoms with E-state index in [1.807, 2.05) is 24.3 Å². The van der Waals surface area contributed by atoms with Gasteiger partial charge in [-0.05, 0) is 42.6 Å². The molecule has 0 bridgehead atoms. The van der Waals surface area contributed by atoms with Gasteiger partial charge < -0.3 is 16.0 Å². The number of H-pyrrole nitrogens is 1. The molecule has 1 unspecified atom stereocenters. The largest absolute Gasteiger partial charge is 0.369 e. The first-order chi connectivity index (χ1) is 15.9. The fourth-order valence-corrected chi connectivity index (χ4v) is 4.27. The number of carbonyl (C=O) groups excluding carboxylic acids is 2. The number of hydrogen-bond donors (Lipinski definition) is 3. The van der Waals surface area contributed by atoms with Crippen molar-refractivity contribution in [2.24, 2.45) is 11.7 Å². The van der Waals surface area contributed by atoms with E-state index in [1.165, 1.54) is 0 Å². The highest BCUT2D eigenvalue weighted by Crippen LogP contribution is 2.18. The number of para-hydroxylation sites is 1. The maximum Gasteiger partial charge on any atom is 0.329 e. The number of rotatable bonds is 7. The van der Waals surface area contributed by atoms with Gasteiger partial charge in [-0.3, -0.25) is 23.9 Å². The van der Waals surface area contributed by atoms with E-state index >= 15 is 0 Å². The number of nitrogens with zero attached hydrogens (tertiary/aromatic N) is 2. The summed E-state index contributed by atoms with van der Waals surface area (Å²) >= 11 is 0. The van der Waals surface area contributed by atoms with Crippen LogP contribution in [-0.4, -0.2) is 39.4 Å². The lowest BCUT2D eigenvalue weighted by molar-refractivity contribution is -0.123. The summed E-state index contributed by atoms with van der Waals surface area (Å²) in [5, 5.41) is 3.13. The van der Waals surface area contributed by atoms with Gasteiger partial charge in [-0.15, -0.1) is 0 Å². The van der Waals surface area contributed by atoms with E-state index < -0.39 is 17.2 Å². The smallest absolute Gasteiger partial charge is 0.329 e. The number of carbonyl (C=O) groups is 2. The summed E-state index contributed by atoms with van der Waals surface area (Å²) < 4.78 is 0.902. The molecule has 1 atom stereocenters. The molecule has 1 aliphatic heterocycles. The first-order valence-corrected chi connectivity index (χ1v) is 11.0. The summed E-state index contributed by atoms with van der Waals surface area (Å²) in [6.45, 7) is 2.19. The monoisotopic (exact) mass is 449 g/mol. The molecule has 0 saturated carbocycles. The lowest BCUT2D eigenvalue weighted by atomic mass is 9.97. The summed E-state index contributed by atoms with van der Waals surface area (Å²) in [5.41, 5.74) is 6.78. The molecule has 4 rings (SSSR count). The van der Waals surface area contributed by atoms with E-state index in [0.29, 0.717) is 24.0 Å². The molecule has 2 aromatic carbocycles. The van der Waals surface area contributed by atoms with Gasteiger partial charge in [-0.25, -0.2) is 4.79 Å². The number of aromatic nitrogens is 2. The van der Waals surface area contributed by atoms with Gasteiger partial charge in [0.25, 0.3) is 5.56 Å². The number of fused-ring (bicyclic) bond motifs is 1. The Hall–Kier alpha value is -3.72. The standard InChI is InChI=1S/C24H27N5O4/c25-22(31)18-7-4-10-28(14-18)13-17-6-3-5-16(11-17)12-26-21(30)15-29-23(32)19-8-1-2-9-20(19)27-24(29)33/h1-3,5-6,8-9,11,18H,4,7,10,12-15H2,(H2,25,31)(H,26,30)(H,27,33). The van der Waals surface area contributed by atoms with E-state index in [-0.39, 0.29) is 24.9 Å². The van der Waals surface area contributed by atoms with Crippen LogP contribution in [0.25, 0.3) is 10.9 Å². The van der Waals surface area contributed by atoms with Gasteiger partial charge in [-0.2, -0.15) is 0 Å². The molecular formula is C24H27N5O4. The molecule has 33 heavy (non-hydrogen) atoms. The molecule has 9 heteroatoms. The van der Waals surface area contributed by atoms with E-state index in [1.54, 1.807) is 24.3 Å². The lowest BCUT2D eigenvalue weighted by Crippen LogP contribution is -2.40. The van der Waals surface area contributed by atoms with Crippen molar-refractivity contribution in [3.8, 4) is 0 Å². The van der Waals surface area contributed by atoms with Crippen molar-refractivity contribution in [2.75, 3.05) is 13.1 Å². The summed E-state index contributed by atoms with van der Waals surface area (Å²) in [7, 11) is 0. The third kappa shape index (κ3) is 5.38. The Morgan fingerprint density at radius 1 is 1.09 bits per heavy atom. The average Bonchev–Trinajstić information content (AvgIpc) is 2.81. The first-order valence-electron chi connectivity index (χ1n) is 11.0. The van der Waals surface area contributed by atoms with Crippen molar-refractivity contribution < 1.29 is 9.59 Å². The number of primary amides is 1. The summed E-state index contributed by atoms with van der Waals surface area (Å²) in [6, 6.07) is 14.5. The molecule has 2 amide bonds. The number of likely N-dealkylation sites (tertiary alicyclic amines) is 1. The quantitative estimate of drug-likeness (QED) is 0.489. The van der Waals surface area contributed by atoms with Crippen molar-refractivity contribution in [3.63, 3.8) is 0 Å². The maximum atomic E-state index is 12.6. The summed E-state index contributed by atoms with van der Waals surface area (Å²) in [4.78, 5) is 53.6. The lowest BCUT2D eigenvalue weighted by Gasteiger charge is -2.31. The normalized spacial score (nSPS) is 16.5. The van der Waals surface area contributed by atoms with Crippen LogP contribution in [0, 0.1) is 5.92 Å². The van der Waals surface area contributed by atoms with Gasteiger partial charge in [0.05, 0.1) is 16.8 Å². The second-order valence-corrected chi connectivity index (χ2v) is 8.44. The van der Waals surface area contributed by atoms with E-state index in [2.05, 4.69) is 15.2 Å². The van der Waals surface area contributed by atoms with Crippen molar-refractivity contribution in [3.05, 3.63) is 80.5 Å². The molecule has 2 heterocycles. The highest BCUT2D eigenvalue weighted by molar-refractivity contribution is 5.79. The molecule has 1 aromatic heterocycles. The van der Waals surface area contributed by atoms with Crippen molar-refractivity contribution in [1.29, 1.82) is 0 Å². The Balaban J connectivity index is 1.37. The topological polar surface area (TPSA) is 130 Å². The zero-order chi connectivity index (χ0) is 23.4. The van der Waals surface area contributed by atoms with Crippen LogP contribution in [0.5, 0.6) is 0 Å². The SMILES string of the molecule is NC(=O)C1CCCN(Cc2cccc(CNC(=O)Cn3c(=O)[nH]c4ccccc4c3=O)c2)C1. The molecule has 0 radical (unpaired) electrons. The number of benzene rings is 2. The van der Waals surface area contributed by atoms with Crippen LogP contribution < -0.4 is 22.3 Å². The number of nitrogens with two attached hydrogens (primary N) is 1. The third-order valence-electron chi connectivity index (χ3n) is 5.99. The minimum absolute atomic E-state index is 0.108. The van der Waals surface area contributed by atoms with Gasteiger partial charge in [0.2, 0.25) is 11.8 Å². The van der Waals surface area contributed by atoms with Crippen molar-refractivity contribution >= 4 is 22.7 Å². The Kier molecular flexibility index (Phi) is 6.69. The molecule has 0 spiro atoms. The van der Waals surface area contributed by atoms with Crippen LogP contribution in [0.3, 0.4) is 0 Å². The Morgan fingerprint density at radius 3 is 2.70 bits per heavy atom. The number of amides is 2. The molecular weight excluding hydrogens is 422 g/mol. The predicted octanol–water partition coefficient (Wildman–Crippen LogP) is 0.704. The first kappa shape index (κ1) is 22.5. The predicted molar refractivity (Wildman–Crippen MR) is 124 cm³/mol. The van der Waals surface area contributed by atoms with Gasteiger partial charge in [0.15, 0.2) is 0 Å². The Bertz CT molecular complexity index is 1300. The molecule has 1 saturated heterocycles. The molecule has 9 nitrogen and oxygen atoms in total. The maximum absolute atomic E-state index is 12.6. The molecule has 0 aliphatic carbocycles. The van der Waals surface area contributed by atoms with E-state index in [4.69, 9.17) is 5.73 Å². The zero-order valence-corrected chi connectivity index (χ0v) is 18.3. The third-order valence-corrected chi connectivity index (χ3v) is 5.99.